The molecule has 0 saturated carbocycles. The number of benzene rings is 1. The Morgan fingerprint density at radius 2 is 1.81 bits per heavy atom. The Bertz CT molecular complexity index is 484. The van der Waals surface area contributed by atoms with E-state index in [2.05, 4.69) is 24.8 Å². The quantitative estimate of drug-likeness (QED) is 0.788. The van der Waals surface area contributed by atoms with Crippen molar-refractivity contribution in [2.45, 2.75) is 50.6 Å². The lowest BCUT2D eigenvalue weighted by Crippen LogP contribution is -2.45. The molecule has 0 radical (unpaired) electrons. The second kappa shape index (κ2) is 6.45. The maximum absolute atomic E-state index is 6.67. The van der Waals surface area contributed by atoms with E-state index in [4.69, 9.17) is 21.1 Å². The smallest absolute Gasteiger partial charge is 0.161 e. The fourth-order valence-electron chi connectivity index (χ4n) is 3.38. The van der Waals surface area contributed by atoms with Gasteiger partial charge in [0, 0.05) is 18.6 Å². The molecule has 3 rings (SSSR count). The van der Waals surface area contributed by atoms with Crippen LogP contribution in [-0.2, 0) is 0 Å². The van der Waals surface area contributed by atoms with E-state index < -0.39 is 0 Å². The van der Waals surface area contributed by atoms with Crippen molar-refractivity contribution in [2.24, 2.45) is 0 Å². The maximum Gasteiger partial charge on any atom is 0.161 e. The van der Waals surface area contributed by atoms with Crippen LogP contribution in [0, 0.1) is 0 Å². The summed E-state index contributed by atoms with van der Waals surface area (Å²) in [4.78, 5) is 2.54. The lowest BCUT2D eigenvalue weighted by atomic mass is 9.96. The molecule has 4 heteroatoms. The molecular formula is C17H24ClNO2. The van der Waals surface area contributed by atoms with E-state index in [0.29, 0.717) is 25.3 Å². The molecule has 1 fully saturated rings. The van der Waals surface area contributed by atoms with E-state index in [9.17, 15) is 0 Å². The fraction of sp³-hybridized carbons (Fsp3) is 0.647. The number of nitrogens with zero attached hydrogens (tertiary/aromatic N) is 1. The molecule has 3 nitrogen and oxygen atoms in total. The molecule has 0 spiro atoms. The fourth-order valence-corrected chi connectivity index (χ4v) is 3.68. The Morgan fingerprint density at radius 3 is 2.52 bits per heavy atom. The van der Waals surface area contributed by atoms with E-state index in [1.807, 2.05) is 12.1 Å². The summed E-state index contributed by atoms with van der Waals surface area (Å²) >= 11 is 6.67. The summed E-state index contributed by atoms with van der Waals surface area (Å²) < 4.78 is 11.2. The predicted octanol–water partition coefficient (Wildman–Crippen LogP) is 4.00. The minimum Gasteiger partial charge on any atom is -0.486 e. The molecule has 0 aliphatic carbocycles. The van der Waals surface area contributed by atoms with Crippen LogP contribution in [0.4, 0.5) is 0 Å². The monoisotopic (exact) mass is 309 g/mol. The van der Waals surface area contributed by atoms with E-state index in [0.717, 1.165) is 23.6 Å². The van der Waals surface area contributed by atoms with E-state index in [1.165, 1.54) is 19.3 Å². The molecule has 21 heavy (non-hydrogen) atoms. The summed E-state index contributed by atoms with van der Waals surface area (Å²) in [6, 6.07) is 7.30. The largest absolute Gasteiger partial charge is 0.486 e. The van der Waals surface area contributed by atoms with Crippen LogP contribution in [0.5, 0.6) is 11.5 Å². The van der Waals surface area contributed by atoms with Crippen LogP contribution in [0.3, 0.4) is 0 Å². The highest BCUT2D eigenvalue weighted by atomic mass is 35.5. The predicted molar refractivity (Wildman–Crippen MR) is 85.5 cm³/mol. The van der Waals surface area contributed by atoms with Gasteiger partial charge in [-0.05, 0) is 44.4 Å². The van der Waals surface area contributed by atoms with Crippen molar-refractivity contribution >= 4 is 11.6 Å². The molecule has 0 bridgehead atoms. The summed E-state index contributed by atoms with van der Waals surface area (Å²) in [6.45, 7) is 6.75. The van der Waals surface area contributed by atoms with Crippen molar-refractivity contribution in [3.8, 4) is 11.5 Å². The van der Waals surface area contributed by atoms with Gasteiger partial charge >= 0.3 is 0 Å². The highest BCUT2D eigenvalue weighted by Gasteiger charge is 2.27. The summed E-state index contributed by atoms with van der Waals surface area (Å²) in [7, 11) is 0. The first kappa shape index (κ1) is 15.0. The Hall–Kier alpha value is -0.930. The van der Waals surface area contributed by atoms with E-state index >= 15 is 0 Å². The van der Waals surface area contributed by atoms with Crippen molar-refractivity contribution in [1.82, 2.24) is 4.90 Å². The minimum atomic E-state index is -0.0103. The number of hydrogen-bond donors (Lipinski definition) is 0. The molecule has 0 amide bonds. The van der Waals surface area contributed by atoms with Gasteiger partial charge in [-0.3, -0.25) is 4.90 Å². The number of rotatable bonds is 3. The zero-order valence-corrected chi connectivity index (χ0v) is 13.6. The molecule has 2 heterocycles. The molecule has 3 unspecified atom stereocenters. The molecule has 1 aromatic carbocycles. The van der Waals surface area contributed by atoms with Gasteiger partial charge in [-0.1, -0.05) is 12.5 Å². The molecule has 0 N–H and O–H groups in total. The van der Waals surface area contributed by atoms with E-state index in [-0.39, 0.29) is 5.38 Å². The summed E-state index contributed by atoms with van der Waals surface area (Å²) in [5.74, 6) is 1.65. The van der Waals surface area contributed by atoms with Gasteiger partial charge in [0.05, 0.1) is 5.38 Å². The molecule has 2 aliphatic heterocycles. The number of likely N-dealkylation sites (tertiary alicyclic amines) is 1. The lowest BCUT2D eigenvalue weighted by molar-refractivity contribution is 0.103. The Morgan fingerprint density at radius 1 is 1.14 bits per heavy atom. The van der Waals surface area contributed by atoms with E-state index in [1.54, 1.807) is 0 Å². The topological polar surface area (TPSA) is 21.7 Å². The van der Waals surface area contributed by atoms with Gasteiger partial charge in [-0.2, -0.15) is 0 Å². The Kier molecular flexibility index (Phi) is 4.60. The van der Waals surface area contributed by atoms with Gasteiger partial charge in [0.15, 0.2) is 11.5 Å². The highest BCUT2D eigenvalue weighted by molar-refractivity contribution is 6.21. The number of piperidine rings is 1. The van der Waals surface area contributed by atoms with Crippen molar-refractivity contribution < 1.29 is 9.47 Å². The SMILES string of the molecule is CC1CCCC(C)N1CC(Cl)c1ccc2c(c1)OCCO2. The van der Waals surface area contributed by atoms with Crippen LogP contribution < -0.4 is 9.47 Å². The number of fused-ring (bicyclic) bond motifs is 1. The Balaban J connectivity index is 1.71. The summed E-state index contributed by atoms with van der Waals surface area (Å²) in [5, 5.41) is -0.0103. The molecule has 1 aromatic rings. The number of ether oxygens (including phenoxy) is 2. The molecule has 3 atom stereocenters. The second-order valence-corrected chi connectivity index (χ2v) is 6.72. The number of hydrogen-bond acceptors (Lipinski definition) is 3. The maximum atomic E-state index is 6.67. The molecule has 0 aromatic heterocycles. The average molecular weight is 310 g/mol. The third kappa shape index (κ3) is 3.29. The van der Waals surface area contributed by atoms with Crippen LogP contribution in [0.1, 0.15) is 44.1 Å². The van der Waals surface area contributed by atoms with Gasteiger partial charge in [-0.25, -0.2) is 0 Å². The van der Waals surface area contributed by atoms with Crippen molar-refractivity contribution in [3.63, 3.8) is 0 Å². The van der Waals surface area contributed by atoms with Gasteiger partial charge in [-0.15, -0.1) is 11.6 Å². The third-order valence-corrected chi connectivity index (χ3v) is 5.07. The standard InChI is InChI=1S/C17H24ClNO2/c1-12-4-3-5-13(2)19(12)11-15(18)14-6-7-16-17(10-14)21-9-8-20-16/h6-7,10,12-13,15H,3-5,8-9,11H2,1-2H3. The first-order valence-corrected chi connectivity index (χ1v) is 8.38. The number of alkyl halides is 1. The number of halogens is 1. The van der Waals surface area contributed by atoms with Crippen LogP contribution in [0.15, 0.2) is 18.2 Å². The zero-order valence-electron chi connectivity index (χ0n) is 12.8. The minimum absolute atomic E-state index is 0.0103. The molecule has 2 aliphatic rings. The van der Waals surface area contributed by atoms with Gasteiger partial charge in [0.25, 0.3) is 0 Å². The molecular weight excluding hydrogens is 286 g/mol. The third-order valence-electron chi connectivity index (χ3n) is 4.68. The summed E-state index contributed by atoms with van der Waals surface area (Å²) in [5.41, 5.74) is 1.12. The normalized spacial score (nSPS) is 27.4. The van der Waals surface area contributed by atoms with Crippen molar-refractivity contribution in [1.29, 1.82) is 0 Å². The Labute approximate surface area is 132 Å². The average Bonchev–Trinajstić information content (AvgIpc) is 2.50. The van der Waals surface area contributed by atoms with Crippen LogP contribution >= 0.6 is 11.6 Å². The molecule has 1 saturated heterocycles. The van der Waals surface area contributed by atoms with Crippen LogP contribution in [-0.4, -0.2) is 36.7 Å². The summed E-state index contributed by atoms with van der Waals surface area (Å²) in [6.07, 6.45) is 3.87. The molecule has 116 valence electrons. The first-order valence-electron chi connectivity index (χ1n) is 7.94. The van der Waals surface area contributed by atoms with Crippen LogP contribution in [0.2, 0.25) is 0 Å². The van der Waals surface area contributed by atoms with Crippen molar-refractivity contribution in [3.05, 3.63) is 23.8 Å². The second-order valence-electron chi connectivity index (χ2n) is 6.20. The van der Waals surface area contributed by atoms with Gasteiger partial charge in [0.1, 0.15) is 13.2 Å². The van der Waals surface area contributed by atoms with Gasteiger partial charge in [0.2, 0.25) is 0 Å². The van der Waals surface area contributed by atoms with Crippen LogP contribution in [0.25, 0.3) is 0 Å². The highest BCUT2D eigenvalue weighted by Crippen LogP contribution is 2.35. The van der Waals surface area contributed by atoms with Gasteiger partial charge < -0.3 is 9.47 Å². The van der Waals surface area contributed by atoms with Crippen molar-refractivity contribution in [2.75, 3.05) is 19.8 Å². The lowest BCUT2D eigenvalue weighted by Gasteiger charge is -2.40. The zero-order chi connectivity index (χ0) is 14.8. The first-order chi connectivity index (χ1) is 10.1.